The van der Waals surface area contributed by atoms with E-state index in [0.717, 1.165) is 30.6 Å². The van der Waals surface area contributed by atoms with Gasteiger partial charge in [-0.3, -0.25) is 4.90 Å². The van der Waals surface area contributed by atoms with E-state index in [0.29, 0.717) is 11.6 Å². The largest absolute Gasteiger partial charge is 0.399 e. The van der Waals surface area contributed by atoms with Crippen LogP contribution in [0.25, 0.3) is 0 Å². The van der Waals surface area contributed by atoms with E-state index in [9.17, 15) is 15.8 Å². The van der Waals surface area contributed by atoms with Crippen molar-refractivity contribution in [3.63, 3.8) is 0 Å². The molecule has 0 amide bonds. The summed E-state index contributed by atoms with van der Waals surface area (Å²) in [6, 6.07) is 13.7. The molecule has 2 atom stereocenters. The highest BCUT2D eigenvalue weighted by molar-refractivity contribution is 6.31. The van der Waals surface area contributed by atoms with Gasteiger partial charge in [0.25, 0.3) is 0 Å². The highest BCUT2D eigenvalue weighted by Gasteiger charge is 2.54. The molecule has 5 nitrogen and oxygen atoms in total. The first-order chi connectivity index (χ1) is 13.0. The van der Waals surface area contributed by atoms with E-state index in [-0.39, 0.29) is 17.2 Å². The first-order valence-corrected chi connectivity index (χ1v) is 9.31. The van der Waals surface area contributed by atoms with Gasteiger partial charge in [-0.2, -0.15) is 15.8 Å². The van der Waals surface area contributed by atoms with Crippen LogP contribution in [0.1, 0.15) is 24.8 Å². The normalized spacial score (nSPS) is 24.2. The molecule has 0 fully saturated rings. The van der Waals surface area contributed by atoms with Crippen LogP contribution in [0.15, 0.2) is 47.2 Å². The van der Waals surface area contributed by atoms with Crippen molar-refractivity contribution in [2.24, 2.45) is 17.1 Å². The Morgan fingerprint density at radius 3 is 2.56 bits per heavy atom. The fraction of sp³-hybridized carbons (Fsp3) is 0.381. The van der Waals surface area contributed by atoms with Crippen LogP contribution in [0.3, 0.4) is 0 Å². The Labute approximate surface area is 164 Å². The van der Waals surface area contributed by atoms with Gasteiger partial charge in [-0.05, 0) is 30.2 Å². The number of hydrogen-bond acceptors (Lipinski definition) is 5. The van der Waals surface area contributed by atoms with Crippen LogP contribution in [-0.2, 0) is 0 Å². The van der Waals surface area contributed by atoms with Gasteiger partial charge in [0.05, 0.1) is 23.4 Å². The summed E-state index contributed by atoms with van der Waals surface area (Å²) in [4.78, 5) is 2.27. The maximum atomic E-state index is 10.0. The van der Waals surface area contributed by atoms with Gasteiger partial charge in [-0.25, -0.2) is 0 Å². The zero-order valence-corrected chi connectivity index (χ0v) is 15.9. The summed E-state index contributed by atoms with van der Waals surface area (Å²) in [6.07, 6.45) is 3.01. The maximum absolute atomic E-state index is 10.0. The van der Waals surface area contributed by atoms with Crippen LogP contribution >= 0.6 is 11.6 Å². The first-order valence-electron chi connectivity index (χ1n) is 8.94. The molecule has 6 heteroatoms. The molecule has 1 heterocycles. The molecular weight excluding hydrogens is 358 g/mol. The lowest BCUT2D eigenvalue weighted by Gasteiger charge is -2.45. The van der Waals surface area contributed by atoms with Crippen LogP contribution in [0.5, 0.6) is 0 Å². The summed E-state index contributed by atoms with van der Waals surface area (Å²) in [6.45, 7) is 4.39. The molecule has 2 N–H and O–H groups in total. The second-order valence-electron chi connectivity index (χ2n) is 6.96. The van der Waals surface area contributed by atoms with Crippen molar-refractivity contribution in [1.29, 1.82) is 15.8 Å². The molecule has 0 radical (unpaired) electrons. The van der Waals surface area contributed by atoms with Crippen molar-refractivity contribution in [2.45, 2.75) is 19.3 Å². The highest BCUT2D eigenvalue weighted by atomic mass is 35.5. The Morgan fingerprint density at radius 2 is 1.96 bits per heavy atom. The monoisotopic (exact) mass is 377 g/mol. The second-order valence-corrected chi connectivity index (χ2v) is 7.36. The van der Waals surface area contributed by atoms with Crippen LogP contribution < -0.4 is 5.73 Å². The minimum Gasteiger partial charge on any atom is -0.399 e. The second kappa shape index (κ2) is 7.45. The Kier molecular flexibility index (Phi) is 5.24. The highest BCUT2D eigenvalue weighted by Crippen LogP contribution is 2.55. The minimum absolute atomic E-state index is 0.0337. The Balaban J connectivity index is 2.30. The van der Waals surface area contributed by atoms with Crippen LogP contribution in [0.4, 0.5) is 0 Å². The molecule has 0 spiro atoms. The molecule has 1 aromatic carbocycles. The number of rotatable bonds is 3. The summed E-state index contributed by atoms with van der Waals surface area (Å²) in [5.74, 6) is -0.740. The number of nitriles is 3. The fourth-order valence-electron chi connectivity index (χ4n) is 4.31. The molecule has 136 valence electrons. The number of allylic oxidation sites excluding steroid dienone is 2. The van der Waals surface area contributed by atoms with Crippen LogP contribution in [-0.4, -0.2) is 24.5 Å². The Morgan fingerprint density at radius 1 is 1.26 bits per heavy atom. The topological polar surface area (TPSA) is 101 Å². The molecule has 2 aliphatic rings. The summed E-state index contributed by atoms with van der Waals surface area (Å²) >= 11 is 6.47. The van der Waals surface area contributed by atoms with Crippen molar-refractivity contribution in [3.05, 3.63) is 57.8 Å². The van der Waals surface area contributed by atoms with Gasteiger partial charge in [0.1, 0.15) is 6.07 Å². The Hall–Kier alpha value is -2.78. The number of benzene rings is 1. The number of halogens is 1. The quantitative estimate of drug-likeness (QED) is 0.868. The van der Waals surface area contributed by atoms with Gasteiger partial charge in [0, 0.05) is 29.9 Å². The number of nitrogens with zero attached hydrogens (tertiary/aromatic N) is 4. The van der Waals surface area contributed by atoms with E-state index >= 15 is 0 Å². The van der Waals surface area contributed by atoms with Crippen molar-refractivity contribution in [2.75, 3.05) is 19.6 Å². The smallest absolute Gasteiger partial charge is 0.191 e. The lowest BCUT2D eigenvalue weighted by Crippen LogP contribution is -2.48. The SMILES string of the molecule is CCCN1CC=C2C(C#N)=C(N)C(C#N)(C#N)[C@@H](c3ccccc3Cl)[C@@H]2C1. The standard InChI is InChI=1S/C21H20ClN5/c1-2-8-27-9-7-14-16(10-23)20(26)21(12-24,13-25)19(17(14)11-27)15-5-3-4-6-18(15)22/h3-7,17,19H,2,8-9,11,26H2,1H3/t17-,19+/m1/s1. The molecular formula is C21H20ClN5. The van der Waals surface area contributed by atoms with E-state index < -0.39 is 11.3 Å². The fourth-order valence-corrected chi connectivity index (χ4v) is 4.56. The molecule has 0 aromatic heterocycles. The summed E-state index contributed by atoms with van der Waals surface area (Å²) < 4.78 is 0. The van der Waals surface area contributed by atoms with Gasteiger partial charge in [0.2, 0.25) is 0 Å². The molecule has 3 rings (SSSR count). The number of nitrogens with two attached hydrogens (primary N) is 1. The van der Waals surface area contributed by atoms with E-state index in [2.05, 4.69) is 30.0 Å². The van der Waals surface area contributed by atoms with Gasteiger partial charge < -0.3 is 5.73 Å². The van der Waals surface area contributed by atoms with Crippen LogP contribution in [0, 0.1) is 45.3 Å². The third-order valence-electron chi connectivity index (χ3n) is 5.52. The van der Waals surface area contributed by atoms with Gasteiger partial charge in [-0.15, -0.1) is 0 Å². The van der Waals surface area contributed by atoms with Gasteiger partial charge in [0.15, 0.2) is 5.41 Å². The summed E-state index contributed by atoms with van der Waals surface area (Å²) in [5, 5.41) is 30.3. The molecule has 0 bridgehead atoms. The van der Waals surface area contributed by atoms with Crippen molar-refractivity contribution < 1.29 is 0 Å². The zero-order chi connectivity index (χ0) is 19.6. The first kappa shape index (κ1) is 19.0. The van der Waals surface area contributed by atoms with Gasteiger partial charge >= 0.3 is 0 Å². The lowest BCUT2D eigenvalue weighted by atomic mass is 9.58. The van der Waals surface area contributed by atoms with Crippen molar-refractivity contribution in [1.82, 2.24) is 4.90 Å². The zero-order valence-electron chi connectivity index (χ0n) is 15.1. The molecule has 0 saturated carbocycles. The molecule has 0 saturated heterocycles. The molecule has 27 heavy (non-hydrogen) atoms. The third-order valence-corrected chi connectivity index (χ3v) is 5.86. The molecule has 1 aromatic rings. The minimum atomic E-state index is -1.63. The average molecular weight is 378 g/mol. The Bertz CT molecular complexity index is 927. The summed E-state index contributed by atoms with van der Waals surface area (Å²) in [5.41, 5.74) is 6.50. The van der Waals surface area contributed by atoms with Crippen LogP contribution in [0.2, 0.25) is 5.02 Å². The van der Waals surface area contributed by atoms with E-state index in [4.69, 9.17) is 17.3 Å². The van der Waals surface area contributed by atoms with E-state index in [1.165, 1.54) is 0 Å². The molecule has 0 unspecified atom stereocenters. The number of hydrogen-bond donors (Lipinski definition) is 1. The average Bonchev–Trinajstić information content (AvgIpc) is 2.68. The van der Waals surface area contributed by atoms with E-state index in [1.807, 2.05) is 24.3 Å². The predicted octanol–water partition coefficient (Wildman–Crippen LogP) is 3.48. The molecule has 1 aliphatic heterocycles. The van der Waals surface area contributed by atoms with E-state index in [1.54, 1.807) is 6.07 Å². The van der Waals surface area contributed by atoms with Crippen molar-refractivity contribution >= 4 is 11.6 Å². The number of fused-ring (bicyclic) bond motifs is 1. The maximum Gasteiger partial charge on any atom is 0.191 e. The lowest BCUT2D eigenvalue weighted by molar-refractivity contribution is 0.207. The predicted molar refractivity (Wildman–Crippen MR) is 103 cm³/mol. The van der Waals surface area contributed by atoms with Gasteiger partial charge in [-0.1, -0.05) is 42.8 Å². The van der Waals surface area contributed by atoms with Crippen molar-refractivity contribution in [3.8, 4) is 18.2 Å². The summed E-state index contributed by atoms with van der Waals surface area (Å²) in [7, 11) is 0. The molecule has 1 aliphatic carbocycles. The third kappa shape index (κ3) is 2.88.